The lowest BCUT2D eigenvalue weighted by atomic mass is 9.94. The number of hydrogen-bond acceptors (Lipinski definition) is 2. The van der Waals surface area contributed by atoms with E-state index in [0.29, 0.717) is 0 Å². The van der Waals surface area contributed by atoms with Crippen molar-refractivity contribution < 1.29 is 9.84 Å². The van der Waals surface area contributed by atoms with Gasteiger partial charge in [-0.15, -0.1) is 0 Å². The SMILES string of the molecule is CC1Cc2cc(C(O)CC3CCCC3)ccc2O1. The molecule has 1 aromatic carbocycles. The smallest absolute Gasteiger partial charge is 0.123 e. The van der Waals surface area contributed by atoms with Crippen molar-refractivity contribution in [1.29, 1.82) is 0 Å². The molecule has 1 aliphatic carbocycles. The molecule has 1 fully saturated rings. The van der Waals surface area contributed by atoms with E-state index in [1.54, 1.807) is 0 Å². The van der Waals surface area contributed by atoms with Crippen molar-refractivity contribution in [3.8, 4) is 5.75 Å². The Labute approximate surface area is 109 Å². The van der Waals surface area contributed by atoms with Crippen LogP contribution in [0.5, 0.6) is 5.75 Å². The van der Waals surface area contributed by atoms with Gasteiger partial charge in [-0.25, -0.2) is 0 Å². The second-order valence-electron chi connectivity index (χ2n) is 5.90. The lowest BCUT2D eigenvalue weighted by Crippen LogP contribution is -2.05. The summed E-state index contributed by atoms with van der Waals surface area (Å²) in [4.78, 5) is 0. The highest BCUT2D eigenvalue weighted by Crippen LogP contribution is 2.35. The van der Waals surface area contributed by atoms with E-state index in [1.807, 2.05) is 12.1 Å². The molecule has 1 aliphatic heterocycles. The fraction of sp³-hybridized carbons (Fsp3) is 0.625. The third-order valence-corrected chi connectivity index (χ3v) is 4.34. The van der Waals surface area contributed by atoms with E-state index < -0.39 is 0 Å². The highest BCUT2D eigenvalue weighted by molar-refractivity contribution is 5.41. The van der Waals surface area contributed by atoms with Gasteiger partial charge in [0.25, 0.3) is 0 Å². The minimum Gasteiger partial charge on any atom is -0.490 e. The van der Waals surface area contributed by atoms with Gasteiger partial charge in [0.15, 0.2) is 0 Å². The molecule has 0 radical (unpaired) electrons. The maximum atomic E-state index is 10.3. The van der Waals surface area contributed by atoms with Gasteiger partial charge in [-0.3, -0.25) is 0 Å². The Morgan fingerprint density at radius 2 is 2.11 bits per heavy atom. The Morgan fingerprint density at radius 1 is 1.33 bits per heavy atom. The summed E-state index contributed by atoms with van der Waals surface area (Å²) < 4.78 is 5.69. The van der Waals surface area contributed by atoms with Gasteiger partial charge in [0.1, 0.15) is 11.9 Å². The largest absolute Gasteiger partial charge is 0.490 e. The maximum Gasteiger partial charge on any atom is 0.123 e. The molecule has 1 heterocycles. The number of rotatable bonds is 3. The minimum atomic E-state index is -0.297. The van der Waals surface area contributed by atoms with Crippen LogP contribution in [0.1, 0.15) is 56.3 Å². The maximum absolute atomic E-state index is 10.3. The number of benzene rings is 1. The molecule has 1 N–H and O–H groups in total. The molecule has 2 unspecified atom stereocenters. The molecule has 98 valence electrons. The van der Waals surface area contributed by atoms with Crippen LogP contribution in [0.15, 0.2) is 18.2 Å². The summed E-state index contributed by atoms with van der Waals surface area (Å²) in [5.41, 5.74) is 2.32. The van der Waals surface area contributed by atoms with E-state index in [0.717, 1.165) is 30.1 Å². The van der Waals surface area contributed by atoms with Crippen molar-refractivity contribution in [3.05, 3.63) is 29.3 Å². The van der Waals surface area contributed by atoms with E-state index in [-0.39, 0.29) is 12.2 Å². The molecule has 2 nitrogen and oxygen atoms in total. The van der Waals surface area contributed by atoms with E-state index in [4.69, 9.17) is 4.74 Å². The van der Waals surface area contributed by atoms with E-state index in [1.165, 1.54) is 31.2 Å². The molecule has 0 amide bonds. The number of aliphatic hydroxyl groups excluding tert-OH is 1. The Morgan fingerprint density at radius 3 is 2.89 bits per heavy atom. The monoisotopic (exact) mass is 246 g/mol. The zero-order valence-electron chi connectivity index (χ0n) is 11.1. The average Bonchev–Trinajstić information content (AvgIpc) is 2.95. The first kappa shape index (κ1) is 12.0. The summed E-state index contributed by atoms with van der Waals surface area (Å²) in [6, 6.07) is 6.18. The predicted molar refractivity (Wildman–Crippen MR) is 71.8 cm³/mol. The molecule has 2 heteroatoms. The van der Waals surface area contributed by atoms with Crippen LogP contribution >= 0.6 is 0 Å². The second-order valence-corrected chi connectivity index (χ2v) is 5.90. The normalized spacial score (nSPS) is 24.9. The molecule has 0 saturated heterocycles. The average molecular weight is 246 g/mol. The zero-order chi connectivity index (χ0) is 12.5. The Balaban J connectivity index is 1.70. The number of fused-ring (bicyclic) bond motifs is 1. The summed E-state index contributed by atoms with van der Waals surface area (Å²) in [5.74, 6) is 1.72. The Kier molecular flexibility index (Phi) is 3.29. The third kappa shape index (κ3) is 2.39. The highest BCUT2D eigenvalue weighted by Gasteiger charge is 2.23. The van der Waals surface area contributed by atoms with Crippen molar-refractivity contribution in [2.24, 2.45) is 5.92 Å². The number of ether oxygens (including phenoxy) is 1. The third-order valence-electron chi connectivity index (χ3n) is 4.34. The molecule has 0 spiro atoms. The van der Waals surface area contributed by atoms with Crippen molar-refractivity contribution >= 4 is 0 Å². The first-order chi connectivity index (χ1) is 8.72. The van der Waals surface area contributed by atoms with Crippen LogP contribution in [0.4, 0.5) is 0 Å². The molecular formula is C16H22O2. The second kappa shape index (κ2) is 4.93. The van der Waals surface area contributed by atoms with E-state index >= 15 is 0 Å². The van der Waals surface area contributed by atoms with Crippen LogP contribution < -0.4 is 4.74 Å². The molecule has 1 saturated carbocycles. The van der Waals surface area contributed by atoms with Crippen molar-refractivity contribution in [1.82, 2.24) is 0 Å². The van der Waals surface area contributed by atoms with Gasteiger partial charge in [-0.1, -0.05) is 31.7 Å². The van der Waals surface area contributed by atoms with Crippen LogP contribution in [0.3, 0.4) is 0 Å². The lowest BCUT2D eigenvalue weighted by Gasteiger charge is -2.16. The first-order valence-electron chi connectivity index (χ1n) is 7.20. The number of aliphatic hydroxyl groups is 1. The Hall–Kier alpha value is -1.02. The lowest BCUT2D eigenvalue weighted by molar-refractivity contribution is 0.145. The van der Waals surface area contributed by atoms with Crippen molar-refractivity contribution in [2.75, 3.05) is 0 Å². The van der Waals surface area contributed by atoms with Gasteiger partial charge in [-0.2, -0.15) is 0 Å². The molecule has 2 aliphatic rings. The standard InChI is InChI=1S/C16H22O2/c1-11-8-14-10-13(6-7-16(14)18-11)15(17)9-12-4-2-3-5-12/h6-7,10-12,15,17H,2-5,8-9H2,1H3. The van der Waals surface area contributed by atoms with Gasteiger partial charge in [0.05, 0.1) is 6.10 Å². The van der Waals surface area contributed by atoms with Crippen molar-refractivity contribution in [2.45, 2.75) is 57.7 Å². The first-order valence-corrected chi connectivity index (χ1v) is 7.20. The molecule has 0 bridgehead atoms. The van der Waals surface area contributed by atoms with Gasteiger partial charge in [0, 0.05) is 6.42 Å². The summed E-state index contributed by atoms with van der Waals surface area (Å²) in [5, 5.41) is 10.3. The molecule has 3 rings (SSSR count). The van der Waals surface area contributed by atoms with Crippen LogP contribution in [-0.4, -0.2) is 11.2 Å². The minimum absolute atomic E-state index is 0.280. The van der Waals surface area contributed by atoms with Crippen LogP contribution in [0, 0.1) is 5.92 Å². The topological polar surface area (TPSA) is 29.5 Å². The van der Waals surface area contributed by atoms with Crippen LogP contribution in [0.2, 0.25) is 0 Å². The molecule has 1 aromatic rings. The fourth-order valence-electron chi connectivity index (χ4n) is 3.35. The molecule has 2 atom stereocenters. The van der Waals surface area contributed by atoms with Crippen LogP contribution in [-0.2, 0) is 6.42 Å². The van der Waals surface area contributed by atoms with Gasteiger partial charge in [0.2, 0.25) is 0 Å². The summed E-state index contributed by atoms with van der Waals surface area (Å²) >= 11 is 0. The Bertz CT molecular complexity index is 421. The summed E-state index contributed by atoms with van der Waals surface area (Å²) in [6.45, 7) is 2.09. The van der Waals surface area contributed by atoms with E-state index in [2.05, 4.69) is 13.0 Å². The number of hydrogen-bond donors (Lipinski definition) is 1. The highest BCUT2D eigenvalue weighted by atomic mass is 16.5. The van der Waals surface area contributed by atoms with Gasteiger partial charge >= 0.3 is 0 Å². The zero-order valence-corrected chi connectivity index (χ0v) is 11.1. The van der Waals surface area contributed by atoms with Gasteiger partial charge in [-0.05, 0) is 42.5 Å². The van der Waals surface area contributed by atoms with Crippen molar-refractivity contribution in [3.63, 3.8) is 0 Å². The fourth-order valence-corrected chi connectivity index (χ4v) is 3.35. The summed E-state index contributed by atoms with van der Waals surface area (Å²) in [7, 11) is 0. The van der Waals surface area contributed by atoms with E-state index in [9.17, 15) is 5.11 Å². The summed E-state index contributed by atoms with van der Waals surface area (Å²) in [6.07, 6.45) is 7.15. The predicted octanol–water partition coefficient (Wildman–Crippen LogP) is 3.62. The quantitative estimate of drug-likeness (QED) is 0.882. The molecule has 0 aromatic heterocycles. The van der Waals surface area contributed by atoms with Gasteiger partial charge < -0.3 is 9.84 Å². The molecule has 18 heavy (non-hydrogen) atoms. The molecular weight excluding hydrogens is 224 g/mol. The van der Waals surface area contributed by atoms with Crippen LogP contribution in [0.25, 0.3) is 0 Å².